The Labute approximate surface area is 127 Å². The van der Waals surface area contributed by atoms with Crippen molar-refractivity contribution in [1.82, 2.24) is 0 Å². The number of ketones is 1. The maximum atomic E-state index is 12.5. The topological polar surface area (TPSA) is 51.2 Å². The molecule has 0 bridgehead atoms. The van der Waals surface area contributed by atoms with Crippen LogP contribution in [0.15, 0.2) is 41.3 Å². The van der Waals surface area contributed by atoms with Gasteiger partial charge in [-0.2, -0.15) is 0 Å². The first kappa shape index (κ1) is 15.2. The fraction of sp³-hybridized carbons (Fsp3) is 0.214. The molecule has 0 N–H and O–H groups in total. The van der Waals surface area contributed by atoms with Gasteiger partial charge in [-0.25, -0.2) is 8.42 Å². The zero-order valence-corrected chi connectivity index (χ0v) is 13.3. The van der Waals surface area contributed by atoms with Crippen LogP contribution in [-0.2, 0) is 9.84 Å². The molecule has 1 heterocycles. The SMILES string of the molecule is Cc1cccc(S(=O)(=O)C(C)C(=O)c2ccc(Cl)s2)c1. The molecule has 6 heteroatoms. The molecule has 2 aromatic rings. The van der Waals surface area contributed by atoms with E-state index in [2.05, 4.69) is 0 Å². The van der Waals surface area contributed by atoms with Crippen molar-refractivity contribution >= 4 is 38.6 Å². The maximum Gasteiger partial charge on any atom is 0.191 e. The molecule has 1 aromatic heterocycles. The van der Waals surface area contributed by atoms with Gasteiger partial charge in [0.05, 0.1) is 14.1 Å². The molecule has 1 atom stereocenters. The smallest absolute Gasteiger partial charge is 0.191 e. The Bertz CT molecular complexity index is 747. The summed E-state index contributed by atoms with van der Waals surface area (Å²) in [4.78, 5) is 12.8. The quantitative estimate of drug-likeness (QED) is 0.803. The maximum absolute atomic E-state index is 12.5. The van der Waals surface area contributed by atoms with Crippen LogP contribution in [0.2, 0.25) is 4.34 Å². The number of thiophene rings is 1. The van der Waals surface area contributed by atoms with E-state index in [1.807, 2.05) is 13.0 Å². The van der Waals surface area contributed by atoms with Crippen LogP contribution in [0.1, 0.15) is 22.2 Å². The third-order valence-corrected chi connectivity index (χ3v) is 6.27. The molecule has 0 spiro atoms. The Kier molecular flexibility index (Phi) is 4.32. The number of carbonyl (C=O) groups excluding carboxylic acids is 1. The second kappa shape index (κ2) is 5.68. The van der Waals surface area contributed by atoms with Crippen molar-refractivity contribution in [2.75, 3.05) is 0 Å². The summed E-state index contributed by atoms with van der Waals surface area (Å²) in [5.41, 5.74) is 0.838. The Morgan fingerprint density at radius 2 is 1.95 bits per heavy atom. The summed E-state index contributed by atoms with van der Waals surface area (Å²) in [6, 6.07) is 9.70. The molecule has 1 aromatic carbocycles. The van der Waals surface area contributed by atoms with Crippen molar-refractivity contribution in [2.24, 2.45) is 0 Å². The summed E-state index contributed by atoms with van der Waals surface area (Å²) in [7, 11) is -3.69. The van der Waals surface area contributed by atoms with Crippen LogP contribution in [-0.4, -0.2) is 19.5 Å². The zero-order valence-electron chi connectivity index (χ0n) is 11.0. The molecule has 3 nitrogen and oxygen atoms in total. The lowest BCUT2D eigenvalue weighted by Gasteiger charge is -2.11. The molecule has 0 fully saturated rings. The number of benzene rings is 1. The predicted molar refractivity (Wildman–Crippen MR) is 81.5 cm³/mol. The first-order valence-electron chi connectivity index (χ1n) is 5.92. The summed E-state index contributed by atoms with van der Waals surface area (Å²) in [5.74, 6) is -0.427. The lowest BCUT2D eigenvalue weighted by molar-refractivity contribution is 0.0995. The highest BCUT2D eigenvalue weighted by molar-refractivity contribution is 7.92. The Hall–Kier alpha value is -1.17. The minimum absolute atomic E-state index is 0.168. The first-order chi connectivity index (χ1) is 9.32. The number of rotatable bonds is 4. The van der Waals surface area contributed by atoms with Crippen LogP contribution >= 0.6 is 22.9 Å². The van der Waals surface area contributed by atoms with Crippen LogP contribution in [0.25, 0.3) is 0 Å². The minimum atomic E-state index is -3.69. The second-order valence-corrected chi connectivity index (χ2v) is 8.46. The highest BCUT2D eigenvalue weighted by Crippen LogP contribution is 2.26. The van der Waals surface area contributed by atoms with Crippen LogP contribution < -0.4 is 0 Å². The van der Waals surface area contributed by atoms with E-state index in [0.29, 0.717) is 9.21 Å². The van der Waals surface area contributed by atoms with Gasteiger partial charge in [0.2, 0.25) is 0 Å². The second-order valence-electron chi connectivity index (χ2n) is 4.47. The normalized spacial score (nSPS) is 13.2. The fourth-order valence-corrected chi connectivity index (χ4v) is 4.37. The van der Waals surface area contributed by atoms with E-state index < -0.39 is 20.9 Å². The van der Waals surface area contributed by atoms with Gasteiger partial charge in [-0.15, -0.1) is 11.3 Å². The molecule has 0 aliphatic carbocycles. The van der Waals surface area contributed by atoms with E-state index in [1.54, 1.807) is 24.3 Å². The molecular formula is C14H13ClO3S2. The summed E-state index contributed by atoms with van der Waals surface area (Å²) < 4.78 is 25.4. The molecule has 0 amide bonds. The Balaban J connectivity index is 2.37. The number of aryl methyl sites for hydroxylation is 1. The largest absolute Gasteiger partial charge is 0.292 e. The lowest BCUT2D eigenvalue weighted by atomic mass is 10.2. The first-order valence-corrected chi connectivity index (χ1v) is 8.66. The van der Waals surface area contributed by atoms with Crippen molar-refractivity contribution in [3.8, 4) is 0 Å². The number of halogens is 1. The van der Waals surface area contributed by atoms with Crippen LogP contribution in [0.5, 0.6) is 0 Å². The summed E-state index contributed by atoms with van der Waals surface area (Å²) in [6.07, 6.45) is 0. The summed E-state index contributed by atoms with van der Waals surface area (Å²) in [6.45, 7) is 3.22. The molecule has 2 rings (SSSR count). The molecule has 20 heavy (non-hydrogen) atoms. The van der Waals surface area contributed by atoms with E-state index >= 15 is 0 Å². The molecule has 106 valence electrons. The van der Waals surface area contributed by atoms with Gasteiger partial charge in [-0.3, -0.25) is 4.79 Å². The van der Waals surface area contributed by atoms with Crippen molar-refractivity contribution in [3.05, 3.63) is 51.2 Å². The highest BCUT2D eigenvalue weighted by atomic mass is 35.5. The third kappa shape index (κ3) is 2.95. The van der Waals surface area contributed by atoms with Gasteiger partial charge in [0.25, 0.3) is 0 Å². The van der Waals surface area contributed by atoms with Gasteiger partial charge < -0.3 is 0 Å². The number of hydrogen-bond donors (Lipinski definition) is 0. The van der Waals surface area contributed by atoms with E-state index in [0.717, 1.165) is 16.9 Å². The average molecular weight is 329 g/mol. The van der Waals surface area contributed by atoms with Crippen LogP contribution in [0.3, 0.4) is 0 Å². The lowest BCUT2D eigenvalue weighted by Crippen LogP contribution is -2.27. The number of Topliss-reactive ketones (excluding diaryl/α,β-unsaturated/α-hetero) is 1. The van der Waals surface area contributed by atoms with Gasteiger partial charge in [-0.1, -0.05) is 23.7 Å². The van der Waals surface area contributed by atoms with Crippen molar-refractivity contribution in [2.45, 2.75) is 24.0 Å². The Morgan fingerprint density at radius 1 is 1.25 bits per heavy atom. The van der Waals surface area contributed by atoms with Crippen LogP contribution in [0, 0.1) is 6.92 Å². The van der Waals surface area contributed by atoms with Gasteiger partial charge in [0.1, 0.15) is 5.25 Å². The monoisotopic (exact) mass is 328 g/mol. The molecule has 0 saturated carbocycles. The van der Waals surface area contributed by atoms with Gasteiger partial charge >= 0.3 is 0 Å². The van der Waals surface area contributed by atoms with Crippen molar-refractivity contribution in [3.63, 3.8) is 0 Å². The van der Waals surface area contributed by atoms with Gasteiger partial charge in [0, 0.05) is 0 Å². The summed E-state index contributed by atoms with van der Waals surface area (Å²) >= 11 is 6.87. The van der Waals surface area contributed by atoms with Gasteiger partial charge in [-0.05, 0) is 43.7 Å². The summed E-state index contributed by atoms with van der Waals surface area (Å²) in [5, 5.41) is -1.13. The minimum Gasteiger partial charge on any atom is -0.292 e. The molecule has 0 radical (unpaired) electrons. The van der Waals surface area contributed by atoms with E-state index in [-0.39, 0.29) is 4.90 Å². The molecule has 0 aliphatic rings. The van der Waals surface area contributed by atoms with Crippen molar-refractivity contribution in [1.29, 1.82) is 0 Å². The predicted octanol–water partition coefficient (Wildman–Crippen LogP) is 3.76. The van der Waals surface area contributed by atoms with Gasteiger partial charge in [0.15, 0.2) is 15.6 Å². The molecule has 0 saturated heterocycles. The Morgan fingerprint density at radius 3 is 2.50 bits per heavy atom. The number of carbonyl (C=O) groups is 1. The molecule has 0 aliphatic heterocycles. The molecule has 1 unspecified atom stereocenters. The van der Waals surface area contributed by atoms with E-state index in [9.17, 15) is 13.2 Å². The van der Waals surface area contributed by atoms with Crippen molar-refractivity contribution < 1.29 is 13.2 Å². The fourth-order valence-electron chi connectivity index (χ4n) is 1.78. The standard InChI is InChI=1S/C14H13ClO3S2/c1-9-4-3-5-11(8-9)20(17,18)10(2)14(16)12-6-7-13(15)19-12/h3-8,10H,1-2H3. The zero-order chi connectivity index (χ0) is 14.9. The number of sulfone groups is 1. The van der Waals surface area contributed by atoms with Crippen LogP contribution in [0.4, 0.5) is 0 Å². The molecular weight excluding hydrogens is 316 g/mol. The number of hydrogen-bond acceptors (Lipinski definition) is 4. The third-order valence-electron chi connectivity index (χ3n) is 2.97. The van der Waals surface area contributed by atoms with E-state index in [4.69, 9.17) is 11.6 Å². The average Bonchev–Trinajstić information content (AvgIpc) is 2.83. The van der Waals surface area contributed by atoms with E-state index in [1.165, 1.54) is 13.0 Å². The highest BCUT2D eigenvalue weighted by Gasteiger charge is 2.31.